The first-order valence-corrected chi connectivity index (χ1v) is 9.47. The van der Waals surface area contributed by atoms with Crippen molar-refractivity contribution in [2.24, 2.45) is 0 Å². The van der Waals surface area contributed by atoms with Crippen LogP contribution in [0.2, 0.25) is 0 Å². The van der Waals surface area contributed by atoms with Crippen LogP contribution >= 0.6 is 0 Å². The van der Waals surface area contributed by atoms with Crippen LogP contribution in [0, 0.1) is 10.1 Å². The van der Waals surface area contributed by atoms with Gasteiger partial charge in [0, 0.05) is 12.1 Å². The quantitative estimate of drug-likeness (QED) is 0.342. The second-order valence-electron chi connectivity index (χ2n) is 5.60. The molecule has 7 nitrogen and oxygen atoms in total. The maximum Gasteiger partial charge on any atom is 0.313 e. The summed E-state index contributed by atoms with van der Waals surface area (Å²) in [6, 6.07) is 20.6. The van der Waals surface area contributed by atoms with Crippen molar-refractivity contribution in [3.05, 3.63) is 94.5 Å². The zero-order chi connectivity index (χ0) is 19.3. The van der Waals surface area contributed by atoms with Crippen molar-refractivity contribution in [2.45, 2.75) is 5.75 Å². The second-order valence-corrected chi connectivity index (χ2v) is 7.17. The van der Waals surface area contributed by atoms with Gasteiger partial charge in [-0.2, -0.15) is 8.42 Å². The minimum absolute atomic E-state index is 0.105. The van der Waals surface area contributed by atoms with Crippen LogP contribution in [-0.4, -0.2) is 13.3 Å². The molecule has 0 aliphatic rings. The minimum Gasteiger partial charge on any atom is -0.457 e. The van der Waals surface area contributed by atoms with Crippen molar-refractivity contribution in [3.63, 3.8) is 0 Å². The van der Waals surface area contributed by atoms with Gasteiger partial charge in [0.05, 0.1) is 4.92 Å². The van der Waals surface area contributed by atoms with E-state index >= 15 is 0 Å². The largest absolute Gasteiger partial charge is 0.457 e. The average Bonchev–Trinajstić information content (AvgIpc) is 2.64. The molecule has 0 aliphatic heterocycles. The van der Waals surface area contributed by atoms with Crippen LogP contribution in [0.25, 0.3) is 0 Å². The summed E-state index contributed by atoms with van der Waals surface area (Å²) < 4.78 is 35.1. The van der Waals surface area contributed by atoms with Gasteiger partial charge in [-0.25, -0.2) is 0 Å². The van der Waals surface area contributed by atoms with E-state index in [4.69, 9.17) is 8.92 Å². The lowest BCUT2D eigenvalue weighted by molar-refractivity contribution is -0.384. The number of ether oxygens (including phenoxy) is 1. The number of non-ortho nitro benzene ring substituents is 1. The van der Waals surface area contributed by atoms with E-state index < -0.39 is 20.8 Å². The Morgan fingerprint density at radius 2 is 1.33 bits per heavy atom. The molecule has 3 aromatic rings. The fraction of sp³-hybridized carbons (Fsp3) is 0.0526. The number of hydrogen-bond donors (Lipinski definition) is 0. The predicted molar refractivity (Wildman–Crippen MR) is 99.3 cm³/mol. The van der Waals surface area contributed by atoms with Crippen molar-refractivity contribution in [3.8, 4) is 17.2 Å². The van der Waals surface area contributed by atoms with Gasteiger partial charge in [0.25, 0.3) is 5.69 Å². The topological polar surface area (TPSA) is 95.7 Å². The molecular weight excluding hydrogens is 370 g/mol. The molecule has 27 heavy (non-hydrogen) atoms. The van der Waals surface area contributed by atoms with E-state index in [-0.39, 0.29) is 11.4 Å². The summed E-state index contributed by atoms with van der Waals surface area (Å²) in [6.45, 7) is 0. The number of nitro groups is 1. The SMILES string of the molecule is O=[N+]([O-])c1ccc(CS(=O)(=O)Oc2ccc(Oc3ccccc3)cc2)cc1. The van der Waals surface area contributed by atoms with Crippen LogP contribution in [0.1, 0.15) is 5.56 Å². The Labute approximate surface area is 156 Å². The van der Waals surface area contributed by atoms with Gasteiger partial charge in [-0.3, -0.25) is 10.1 Å². The Hall–Kier alpha value is -3.39. The zero-order valence-corrected chi connectivity index (χ0v) is 14.8. The van der Waals surface area contributed by atoms with Crippen LogP contribution in [0.5, 0.6) is 17.2 Å². The Balaban J connectivity index is 1.64. The summed E-state index contributed by atoms with van der Waals surface area (Å²) in [6.07, 6.45) is 0. The molecule has 138 valence electrons. The number of nitro benzene ring substituents is 1. The highest BCUT2D eigenvalue weighted by Gasteiger charge is 2.15. The molecule has 0 bridgehead atoms. The summed E-state index contributed by atoms with van der Waals surface area (Å²) in [7, 11) is -3.90. The highest BCUT2D eigenvalue weighted by molar-refractivity contribution is 7.86. The number of nitrogens with zero attached hydrogens (tertiary/aromatic N) is 1. The fourth-order valence-electron chi connectivity index (χ4n) is 2.28. The van der Waals surface area contributed by atoms with E-state index in [1.54, 1.807) is 24.3 Å². The van der Waals surface area contributed by atoms with E-state index in [9.17, 15) is 18.5 Å². The van der Waals surface area contributed by atoms with Gasteiger partial charge < -0.3 is 8.92 Å². The maximum atomic E-state index is 12.2. The van der Waals surface area contributed by atoms with Crippen molar-refractivity contribution in [1.29, 1.82) is 0 Å². The van der Waals surface area contributed by atoms with Gasteiger partial charge in [-0.15, -0.1) is 0 Å². The standard InChI is InChI=1S/C19H15NO6S/c21-20(22)16-8-6-15(7-9-16)14-27(23,24)26-19-12-10-18(11-13-19)25-17-4-2-1-3-5-17/h1-13H,14H2. The van der Waals surface area contributed by atoms with Crippen molar-refractivity contribution in [2.75, 3.05) is 0 Å². The fourth-order valence-corrected chi connectivity index (χ4v) is 3.35. The maximum absolute atomic E-state index is 12.2. The molecule has 0 amide bonds. The molecule has 0 spiro atoms. The molecule has 0 N–H and O–H groups in total. The molecule has 0 saturated heterocycles. The Kier molecular flexibility index (Phi) is 5.37. The molecular formula is C19H15NO6S. The van der Waals surface area contributed by atoms with E-state index in [0.717, 1.165) is 0 Å². The smallest absolute Gasteiger partial charge is 0.313 e. The molecule has 0 heterocycles. The molecule has 0 unspecified atom stereocenters. The summed E-state index contributed by atoms with van der Waals surface area (Å²) >= 11 is 0. The molecule has 3 rings (SSSR count). The summed E-state index contributed by atoms with van der Waals surface area (Å²) in [5.41, 5.74) is 0.288. The second kappa shape index (κ2) is 7.88. The Morgan fingerprint density at radius 1 is 0.778 bits per heavy atom. The van der Waals surface area contributed by atoms with E-state index in [2.05, 4.69) is 0 Å². The van der Waals surface area contributed by atoms with Gasteiger partial charge in [0.1, 0.15) is 23.0 Å². The van der Waals surface area contributed by atoms with E-state index in [0.29, 0.717) is 17.1 Å². The van der Waals surface area contributed by atoms with Crippen LogP contribution in [0.15, 0.2) is 78.9 Å². The van der Waals surface area contributed by atoms with Gasteiger partial charge in [0.15, 0.2) is 0 Å². The molecule has 0 atom stereocenters. The van der Waals surface area contributed by atoms with Crippen LogP contribution in [-0.2, 0) is 15.9 Å². The third-order valence-electron chi connectivity index (χ3n) is 3.52. The van der Waals surface area contributed by atoms with Gasteiger partial charge >= 0.3 is 10.1 Å². The van der Waals surface area contributed by atoms with E-state index in [1.165, 1.54) is 36.4 Å². The monoisotopic (exact) mass is 385 g/mol. The van der Waals surface area contributed by atoms with Gasteiger partial charge in [0.2, 0.25) is 0 Å². The van der Waals surface area contributed by atoms with Crippen LogP contribution in [0.4, 0.5) is 5.69 Å². The zero-order valence-electron chi connectivity index (χ0n) is 14.0. The summed E-state index contributed by atoms with van der Waals surface area (Å²) in [5, 5.41) is 10.6. The average molecular weight is 385 g/mol. The van der Waals surface area contributed by atoms with Crippen LogP contribution < -0.4 is 8.92 Å². The lowest BCUT2D eigenvalue weighted by atomic mass is 10.2. The molecule has 8 heteroatoms. The molecule has 0 aromatic heterocycles. The van der Waals surface area contributed by atoms with Crippen molar-refractivity contribution in [1.82, 2.24) is 0 Å². The Bertz CT molecular complexity index is 1020. The van der Waals surface area contributed by atoms with E-state index in [1.807, 2.05) is 18.2 Å². The third kappa shape index (κ3) is 5.29. The highest BCUT2D eigenvalue weighted by Crippen LogP contribution is 2.25. The molecule has 3 aromatic carbocycles. The highest BCUT2D eigenvalue weighted by atomic mass is 32.2. The third-order valence-corrected chi connectivity index (χ3v) is 4.65. The normalized spacial score (nSPS) is 11.0. The first-order valence-electron chi connectivity index (χ1n) is 7.90. The molecule has 0 aliphatic carbocycles. The lowest BCUT2D eigenvalue weighted by Crippen LogP contribution is -2.12. The number of hydrogen-bond acceptors (Lipinski definition) is 6. The molecule has 0 fully saturated rings. The number of rotatable bonds is 7. The predicted octanol–water partition coefficient (Wildman–Crippen LogP) is 4.30. The first kappa shape index (κ1) is 18.4. The Morgan fingerprint density at radius 3 is 1.93 bits per heavy atom. The molecule has 0 saturated carbocycles. The van der Waals surface area contributed by atoms with Crippen molar-refractivity contribution < 1.29 is 22.3 Å². The van der Waals surface area contributed by atoms with Gasteiger partial charge in [-0.05, 0) is 42.0 Å². The molecule has 0 radical (unpaired) electrons. The number of para-hydroxylation sites is 1. The summed E-state index contributed by atoms with van der Waals surface area (Å²) in [5.74, 6) is 0.961. The lowest BCUT2D eigenvalue weighted by Gasteiger charge is -2.09. The minimum atomic E-state index is -3.90. The van der Waals surface area contributed by atoms with Crippen molar-refractivity contribution >= 4 is 15.8 Å². The first-order chi connectivity index (χ1) is 12.9. The number of benzene rings is 3. The van der Waals surface area contributed by atoms with Crippen LogP contribution in [0.3, 0.4) is 0 Å². The summed E-state index contributed by atoms with van der Waals surface area (Å²) in [4.78, 5) is 10.1. The van der Waals surface area contributed by atoms with Gasteiger partial charge in [-0.1, -0.05) is 30.3 Å².